The minimum absolute atomic E-state index is 0.0287. The molecular weight excluding hydrogens is 430 g/mol. The number of nitrogen functional groups attached to an aromatic ring is 1. The highest BCUT2D eigenvalue weighted by Gasteiger charge is 2.33. The van der Waals surface area contributed by atoms with Crippen LogP contribution in [0.3, 0.4) is 0 Å². The van der Waals surface area contributed by atoms with E-state index < -0.39 is 11.6 Å². The lowest BCUT2D eigenvalue weighted by Gasteiger charge is -2.36. The fourth-order valence-corrected chi connectivity index (χ4v) is 4.18. The number of carbonyl (C=O) groups excluding carboxylic acids is 1. The number of nitrogens with zero attached hydrogens (tertiary/aromatic N) is 7. The number of fused-ring (bicyclic) bond motifs is 3. The van der Waals surface area contributed by atoms with Gasteiger partial charge in [-0.2, -0.15) is 9.78 Å². The Morgan fingerprint density at radius 1 is 1.24 bits per heavy atom. The van der Waals surface area contributed by atoms with E-state index in [2.05, 4.69) is 20.1 Å². The van der Waals surface area contributed by atoms with Crippen LogP contribution in [-0.4, -0.2) is 48.0 Å². The second kappa shape index (κ2) is 7.74. The molecule has 5 rings (SSSR count). The van der Waals surface area contributed by atoms with Crippen molar-refractivity contribution in [3.8, 4) is 6.07 Å². The molecule has 0 radical (unpaired) electrons. The summed E-state index contributed by atoms with van der Waals surface area (Å²) < 4.78 is 29.3. The first-order valence-electron chi connectivity index (χ1n) is 10.3. The van der Waals surface area contributed by atoms with Crippen molar-refractivity contribution in [3.63, 3.8) is 0 Å². The zero-order chi connectivity index (χ0) is 23.3. The van der Waals surface area contributed by atoms with Crippen molar-refractivity contribution in [1.29, 1.82) is 5.26 Å². The fraction of sp³-hybridized carbons (Fsp3) is 0.273. The van der Waals surface area contributed by atoms with Crippen LogP contribution in [0.1, 0.15) is 47.6 Å². The number of pyridine rings is 1. The number of carbonyl (C=O) groups is 1. The Morgan fingerprint density at radius 2 is 2.06 bits per heavy atom. The number of rotatable bonds is 2. The van der Waals surface area contributed by atoms with Crippen LogP contribution < -0.4 is 5.73 Å². The molecule has 4 heterocycles. The van der Waals surface area contributed by atoms with Crippen LogP contribution in [0.25, 0.3) is 16.6 Å². The maximum atomic E-state index is 14.2. The first-order valence-corrected chi connectivity index (χ1v) is 10.3. The standard InChI is InChI=1S/C22H18F2N8O/c1-11-2-4-13(10-31(11)21(33)17-5-3-12(8-25)9-27-17)19-29-20-15-6-14(23)7-16(24)18(15)28-22(26)32(20)30-19/h3,5-7,9,11,13H,2,4,10H2,1H3,(H2,26,28)/t11-,13+/m0/s1. The summed E-state index contributed by atoms with van der Waals surface area (Å²) >= 11 is 0. The molecule has 4 aromatic rings. The van der Waals surface area contributed by atoms with Gasteiger partial charge >= 0.3 is 0 Å². The number of halogens is 2. The molecule has 9 nitrogen and oxygen atoms in total. The second-order valence-corrected chi connectivity index (χ2v) is 8.08. The van der Waals surface area contributed by atoms with Gasteiger partial charge in [0.25, 0.3) is 5.91 Å². The SMILES string of the molecule is C[C@H]1CC[C@@H](c2nc3c4cc(F)cc(F)c4nc(N)n3n2)CN1C(=O)c1ccc(C#N)cn1. The van der Waals surface area contributed by atoms with Crippen LogP contribution in [0.4, 0.5) is 14.7 Å². The molecule has 1 aliphatic heterocycles. The van der Waals surface area contributed by atoms with Crippen LogP contribution >= 0.6 is 0 Å². The number of aromatic nitrogens is 5. The highest BCUT2D eigenvalue weighted by atomic mass is 19.1. The Bertz CT molecular complexity index is 1440. The number of benzene rings is 1. The summed E-state index contributed by atoms with van der Waals surface area (Å²) in [5.74, 6) is -1.70. The van der Waals surface area contributed by atoms with E-state index in [1.807, 2.05) is 13.0 Å². The summed E-state index contributed by atoms with van der Waals surface area (Å²) in [6.45, 7) is 2.29. The van der Waals surface area contributed by atoms with Gasteiger partial charge in [-0.3, -0.25) is 4.79 Å². The smallest absolute Gasteiger partial charge is 0.272 e. The normalized spacial score (nSPS) is 18.5. The predicted molar refractivity (Wildman–Crippen MR) is 114 cm³/mol. The van der Waals surface area contributed by atoms with Crippen LogP contribution in [0, 0.1) is 23.0 Å². The number of anilines is 1. The van der Waals surface area contributed by atoms with E-state index in [0.29, 0.717) is 24.4 Å². The minimum atomic E-state index is -0.832. The first-order chi connectivity index (χ1) is 15.9. The summed E-state index contributed by atoms with van der Waals surface area (Å²) in [5.41, 5.74) is 6.70. The summed E-state index contributed by atoms with van der Waals surface area (Å²) in [4.78, 5) is 27.4. The molecule has 11 heteroatoms. The van der Waals surface area contributed by atoms with Crippen molar-refractivity contribution in [2.24, 2.45) is 0 Å². The fourth-order valence-electron chi connectivity index (χ4n) is 4.18. The number of hydrogen-bond donors (Lipinski definition) is 1. The number of hydrogen-bond acceptors (Lipinski definition) is 7. The van der Waals surface area contributed by atoms with Gasteiger partial charge in [0.2, 0.25) is 5.95 Å². The second-order valence-electron chi connectivity index (χ2n) is 8.08. The van der Waals surface area contributed by atoms with Crippen LogP contribution in [0.5, 0.6) is 0 Å². The summed E-state index contributed by atoms with van der Waals surface area (Å²) in [5, 5.41) is 13.5. The molecule has 1 aliphatic rings. The van der Waals surface area contributed by atoms with E-state index in [1.54, 1.807) is 11.0 Å². The van der Waals surface area contributed by atoms with E-state index in [9.17, 15) is 13.6 Å². The third-order valence-electron chi connectivity index (χ3n) is 5.96. The van der Waals surface area contributed by atoms with E-state index in [4.69, 9.17) is 11.0 Å². The molecule has 2 atom stereocenters. The van der Waals surface area contributed by atoms with Gasteiger partial charge in [-0.1, -0.05) is 0 Å². The molecule has 1 saturated heterocycles. The molecule has 33 heavy (non-hydrogen) atoms. The monoisotopic (exact) mass is 448 g/mol. The summed E-state index contributed by atoms with van der Waals surface area (Å²) in [6, 6.07) is 6.92. The highest BCUT2D eigenvalue weighted by Crippen LogP contribution is 2.31. The maximum absolute atomic E-state index is 14.2. The average molecular weight is 448 g/mol. The van der Waals surface area contributed by atoms with Crippen molar-refractivity contribution in [1.82, 2.24) is 29.5 Å². The molecule has 166 valence electrons. The number of likely N-dealkylation sites (tertiary alicyclic amines) is 1. The average Bonchev–Trinajstić information content (AvgIpc) is 3.26. The summed E-state index contributed by atoms with van der Waals surface area (Å²) in [6.07, 6.45) is 2.79. The Labute approximate surface area is 186 Å². The van der Waals surface area contributed by atoms with Gasteiger partial charge in [-0.25, -0.2) is 23.7 Å². The molecular formula is C22H18F2N8O. The molecule has 0 spiro atoms. The molecule has 0 bridgehead atoms. The van der Waals surface area contributed by atoms with Crippen molar-refractivity contribution in [3.05, 3.63) is 59.2 Å². The van der Waals surface area contributed by atoms with Crippen molar-refractivity contribution in [2.45, 2.75) is 31.7 Å². The van der Waals surface area contributed by atoms with E-state index in [0.717, 1.165) is 18.6 Å². The van der Waals surface area contributed by atoms with Crippen LogP contribution in [0.2, 0.25) is 0 Å². The topological polar surface area (TPSA) is 126 Å². The van der Waals surface area contributed by atoms with Gasteiger partial charge in [-0.15, -0.1) is 5.10 Å². The Kier molecular flexibility index (Phi) is 4.85. The van der Waals surface area contributed by atoms with Crippen LogP contribution in [-0.2, 0) is 0 Å². The number of amides is 1. The molecule has 1 fully saturated rings. The molecule has 0 saturated carbocycles. The number of piperidine rings is 1. The lowest BCUT2D eigenvalue weighted by atomic mass is 9.92. The molecule has 0 unspecified atom stereocenters. The molecule has 1 amide bonds. The predicted octanol–water partition coefficient (Wildman–Crippen LogP) is 2.81. The third kappa shape index (κ3) is 3.49. The van der Waals surface area contributed by atoms with Gasteiger partial charge in [0.05, 0.1) is 10.9 Å². The highest BCUT2D eigenvalue weighted by molar-refractivity contribution is 5.93. The molecule has 3 aromatic heterocycles. The van der Waals surface area contributed by atoms with Crippen molar-refractivity contribution < 1.29 is 13.6 Å². The van der Waals surface area contributed by atoms with Gasteiger partial charge in [0.15, 0.2) is 17.3 Å². The van der Waals surface area contributed by atoms with Crippen molar-refractivity contribution >= 4 is 28.4 Å². The summed E-state index contributed by atoms with van der Waals surface area (Å²) in [7, 11) is 0. The lowest BCUT2D eigenvalue weighted by Crippen LogP contribution is -2.45. The van der Waals surface area contributed by atoms with Crippen LogP contribution in [0.15, 0.2) is 30.5 Å². The van der Waals surface area contributed by atoms with Gasteiger partial charge in [0.1, 0.15) is 23.1 Å². The molecule has 0 aliphatic carbocycles. The third-order valence-corrected chi connectivity index (χ3v) is 5.96. The van der Waals surface area contributed by atoms with Crippen molar-refractivity contribution in [2.75, 3.05) is 12.3 Å². The van der Waals surface area contributed by atoms with E-state index in [-0.39, 0.29) is 46.1 Å². The largest absolute Gasteiger partial charge is 0.368 e. The van der Waals surface area contributed by atoms with Gasteiger partial charge in [0, 0.05) is 30.8 Å². The zero-order valence-electron chi connectivity index (χ0n) is 17.5. The minimum Gasteiger partial charge on any atom is -0.368 e. The Hall–Kier alpha value is -4.20. The zero-order valence-corrected chi connectivity index (χ0v) is 17.5. The quantitative estimate of drug-likeness (QED) is 0.500. The molecule has 1 aromatic carbocycles. The number of nitriles is 1. The first kappa shape index (κ1) is 20.7. The van der Waals surface area contributed by atoms with E-state index in [1.165, 1.54) is 16.8 Å². The molecule has 2 N–H and O–H groups in total. The Morgan fingerprint density at radius 3 is 2.79 bits per heavy atom. The number of nitrogens with two attached hydrogens (primary N) is 1. The maximum Gasteiger partial charge on any atom is 0.272 e. The van der Waals surface area contributed by atoms with E-state index >= 15 is 0 Å². The lowest BCUT2D eigenvalue weighted by molar-refractivity contribution is 0.0600. The Balaban J connectivity index is 1.50. The van der Waals surface area contributed by atoms with Gasteiger partial charge in [-0.05, 0) is 38.0 Å². The van der Waals surface area contributed by atoms with Gasteiger partial charge < -0.3 is 10.6 Å².